The lowest BCUT2D eigenvalue weighted by molar-refractivity contribution is -1.03. The maximum absolute atomic E-state index is 13.1. The lowest BCUT2D eigenvalue weighted by Gasteiger charge is -2.54. The average molecular weight is 605 g/mol. The van der Waals surface area contributed by atoms with Gasteiger partial charge >= 0.3 is 12.4 Å². The number of piperazine rings is 3. The van der Waals surface area contributed by atoms with E-state index in [1.807, 2.05) is 0 Å². The maximum Gasteiger partial charge on any atom is 0.416 e. The highest BCUT2D eigenvalue weighted by Crippen LogP contribution is 2.39. The fraction of sp³-hybridized carbons (Fsp3) is 0.538. The van der Waals surface area contributed by atoms with E-state index in [0.717, 1.165) is 47.3 Å². The first-order chi connectivity index (χ1) is 19.6. The van der Waals surface area contributed by atoms with Crippen molar-refractivity contribution in [3.8, 4) is 0 Å². The Morgan fingerprint density at radius 3 is 1.14 bits per heavy atom. The van der Waals surface area contributed by atoms with Crippen molar-refractivity contribution in [2.75, 3.05) is 88.3 Å². The number of nitro benzene ring substituents is 2. The van der Waals surface area contributed by atoms with Crippen LogP contribution in [-0.2, 0) is 12.4 Å². The molecule has 0 aliphatic carbocycles. The smallest absolute Gasteiger partial charge is 0.355 e. The molecule has 0 aromatic heterocycles. The monoisotopic (exact) mass is 604 g/mol. The molecular formula is C26H30F6N6O4+2. The molecule has 10 nitrogen and oxygen atoms in total. The standard InChI is InChI=1S/C26H30F6N6O4/c27-25(28,29)19-1-3-21(23(17-19)35(39)40)33-5-9-37(10-6-33)13-15-38(16-14-37)11-7-34(8-12-38)22-4-2-20(26(30,31)32)18-24(22)36(41)42/h1-4,17-18H,5-16H2/q+2. The van der Waals surface area contributed by atoms with Gasteiger partial charge in [-0.1, -0.05) is 0 Å². The quantitative estimate of drug-likeness (QED) is 0.221. The summed E-state index contributed by atoms with van der Waals surface area (Å²) in [7, 11) is 0. The van der Waals surface area contributed by atoms with Crippen molar-refractivity contribution in [3.63, 3.8) is 0 Å². The third-order valence-corrected chi connectivity index (χ3v) is 9.15. The van der Waals surface area contributed by atoms with Crippen molar-refractivity contribution in [1.82, 2.24) is 0 Å². The van der Waals surface area contributed by atoms with Crippen molar-refractivity contribution >= 4 is 22.7 Å². The number of benzene rings is 2. The summed E-state index contributed by atoms with van der Waals surface area (Å²) in [5, 5.41) is 23.1. The Kier molecular flexibility index (Phi) is 7.50. The van der Waals surface area contributed by atoms with E-state index >= 15 is 0 Å². The normalized spacial score (nSPS) is 20.6. The van der Waals surface area contributed by atoms with Gasteiger partial charge < -0.3 is 18.8 Å². The van der Waals surface area contributed by atoms with E-state index < -0.39 is 44.7 Å². The van der Waals surface area contributed by atoms with Crippen LogP contribution in [0.2, 0.25) is 0 Å². The molecule has 228 valence electrons. The third kappa shape index (κ3) is 5.82. The fourth-order valence-electron chi connectivity index (χ4n) is 6.45. The van der Waals surface area contributed by atoms with Crippen molar-refractivity contribution in [2.45, 2.75) is 12.4 Å². The molecule has 3 heterocycles. The lowest BCUT2D eigenvalue weighted by Crippen LogP contribution is -2.73. The minimum atomic E-state index is -4.68. The summed E-state index contributed by atoms with van der Waals surface area (Å²) >= 11 is 0. The molecule has 3 fully saturated rings. The Bertz CT molecular complexity index is 1250. The van der Waals surface area contributed by atoms with Gasteiger partial charge in [0.15, 0.2) is 0 Å². The third-order valence-electron chi connectivity index (χ3n) is 9.15. The first kappa shape index (κ1) is 29.8. The van der Waals surface area contributed by atoms with Gasteiger partial charge in [0.25, 0.3) is 11.4 Å². The summed E-state index contributed by atoms with van der Waals surface area (Å²) in [6, 6.07) is 5.26. The van der Waals surface area contributed by atoms with Crippen LogP contribution in [0.5, 0.6) is 0 Å². The molecule has 0 bridgehead atoms. The van der Waals surface area contributed by atoms with Crippen LogP contribution in [0.25, 0.3) is 0 Å². The molecule has 3 aliphatic rings. The molecule has 2 aromatic rings. The Morgan fingerprint density at radius 1 is 0.571 bits per heavy atom. The highest BCUT2D eigenvalue weighted by atomic mass is 19.4. The second kappa shape index (κ2) is 10.6. The van der Waals surface area contributed by atoms with E-state index in [2.05, 4.69) is 0 Å². The largest absolute Gasteiger partial charge is 0.416 e. The Morgan fingerprint density at radius 2 is 0.881 bits per heavy atom. The van der Waals surface area contributed by atoms with E-state index in [1.165, 1.54) is 12.1 Å². The van der Waals surface area contributed by atoms with Gasteiger partial charge in [0.1, 0.15) is 37.6 Å². The minimum absolute atomic E-state index is 0.180. The first-order valence-electron chi connectivity index (χ1n) is 13.5. The Hall–Kier alpha value is -3.66. The number of rotatable bonds is 4. The summed E-state index contributed by atoms with van der Waals surface area (Å²) in [4.78, 5) is 25.1. The van der Waals surface area contributed by atoms with Gasteiger partial charge in [-0.2, -0.15) is 26.3 Å². The molecule has 2 aromatic carbocycles. The van der Waals surface area contributed by atoms with Crippen molar-refractivity contribution in [2.24, 2.45) is 0 Å². The highest BCUT2D eigenvalue weighted by molar-refractivity contribution is 5.65. The topological polar surface area (TPSA) is 92.8 Å². The zero-order valence-electron chi connectivity index (χ0n) is 22.5. The van der Waals surface area contributed by atoms with E-state index in [9.17, 15) is 46.6 Å². The number of hydrogen-bond acceptors (Lipinski definition) is 6. The minimum Gasteiger partial charge on any atom is -0.355 e. The molecule has 0 unspecified atom stereocenters. The zero-order valence-corrected chi connectivity index (χ0v) is 22.5. The number of quaternary nitrogens is 2. The molecule has 3 saturated heterocycles. The zero-order chi connectivity index (χ0) is 30.5. The fourth-order valence-corrected chi connectivity index (χ4v) is 6.45. The Labute approximate surface area is 236 Å². The van der Waals surface area contributed by atoms with Crippen molar-refractivity contribution in [1.29, 1.82) is 0 Å². The molecular weight excluding hydrogens is 574 g/mol. The summed E-state index contributed by atoms with van der Waals surface area (Å²) in [6.07, 6.45) is -9.35. The van der Waals surface area contributed by atoms with Crippen molar-refractivity contribution in [3.05, 3.63) is 67.8 Å². The number of anilines is 2. The molecule has 0 radical (unpaired) electrons. The summed E-state index contributed by atoms with van der Waals surface area (Å²) in [6.45, 7) is 8.07. The van der Waals surface area contributed by atoms with Gasteiger partial charge in [0, 0.05) is 12.1 Å². The highest BCUT2D eigenvalue weighted by Gasteiger charge is 2.46. The van der Waals surface area contributed by atoms with Gasteiger partial charge in [-0.05, 0) is 24.3 Å². The first-order valence-corrected chi connectivity index (χ1v) is 13.5. The molecule has 0 saturated carbocycles. The molecule has 0 amide bonds. The SMILES string of the molecule is O=[N+]([O-])c1cc(C(F)(F)F)ccc1N1CC[N+]2(CC1)CC[N+]1(CCN(c3ccc(C(F)(F)F)cc3[N+](=O)[O-])CC1)CC2. The van der Waals surface area contributed by atoms with Crippen LogP contribution in [0.1, 0.15) is 11.1 Å². The van der Waals surface area contributed by atoms with Crippen LogP contribution in [0.15, 0.2) is 36.4 Å². The predicted octanol–water partition coefficient (Wildman–Crippen LogP) is 4.53. The van der Waals surface area contributed by atoms with E-state index in [-0.39, 0.29) is 11.4 Å². The van der Waals surface area contributed by atoms with E-state index in [1.54, 1.807) is 9.80 Å². The molecule has 0 atom stereocenters. The van der Waals surface area contributed by atoms with Crippen LogP contribution in [0, 0.1) is 20.2 Å². The van der Waals surface area contributed by atoms with Crippen LogP contribution < -0.4 is 9.80 Å². The van der Waals surface area contributed by atoms with Crippen LogP contribution in [0.4, 0.5) is 49.1 Å². The molecule has 0 N–H and O–H groups in total. The summed E-state index contributed by atoms with van der Waals surface area (Å²) in [5.41, 5.74) is -2.88. The molecule has 2 spiro atoms. The number of nitrogens with zero attached hydrogens (tertiary/aromatic N) is 6. The van der Waals surface area contributed by atoms with Crippen molar-refractivity contribution < 1.29 is 45.2 Å². The second-order valence-electron chi connectivity index (χ2n) is 11.4. The number of halogens is 6. The second-order valence-corrected chi connectivity index (χ2v) is 11.4. The maximum atomic E-state index is 13.1. The molecule has 3 aliphatic heterocycles. The number of nitro groups is 2. The van der Waals surface area contributed by atoms with Gasteiger partial charge in [-0.25, -0.2) is 0 Å². The molecule has 16 heteroatoms. The summed E-state index contributed by atoms with van der Waals surface area (Å²) < 4.78 is 80.2. The number of alkyl halides is 6. The van der Waals surface area contributed by atoms with Gasteiger partial charge in [0.2, 0.25) is 0 Å². The molecule has 5 rings (SSSR count). The van der Waals surface area contributed by atoms with Crippen LogP contribution in [0.3, 0.4) is 0 Å². The lowest BCUT2D eigenvalue weighted by atomic mass is 10.1. The summed E-state index contributed by atoms with van der Waals surface area (Å²) in [5.74, 6) is 0. The van der Waals surface area contributed by atoms with Crippen LogP contribution >= 0.6 is 0 Å². The Balaban J connectivity index is 1.20. The predicted molar refractivity (Wildman–Crippen MR) is 140 cm³/mol. The van der Waals surface area contributed by atoms with Crippen LogP contribution in [-0.4, -0.2) is 97.3 Å². The number of hydrogen-bond donors (Lipinski definition) is 0. The molecule has 42 heavy (non-hydrogen) atoms. The van der Waals surface area contributed by atoms with E-state index in [4.69, 9.17) is 0 Å². The van der Waals surface area contributed by atoms with Gasteiger partial charge in [0.05, 0.1) is 73.3 Å². The van der Waals surface area contributed by atoms with E-state index in [0.29, 0.717) is 64.5 Å². The van der Waals surface area contributed by atoms with Gasteiger partial charge in [-0.15, -0.1) is 0 Å². The van der Waals surface area contributed by atoms with Gasteiger partial charge in [-0.3, -0.25) is 20.2 Å². The average Bonchev–Trinajstić information content (AvgIpc) is 2.94.